The first-order chi connectivity index (χ1) is 12.5. The number of hydrogen-bond donors (Lipinski definition) is 1. The van der Waals surface area contributed by atoms with Gasteiger partial charge in [0.1, 0.15) is 5.69 Å². The molecule has 0 atom stereocenters. The number of amides is 1. The summed E-state index contributed by atoms with van der Waals surface area (Å²) in [6, 6.07) is 10.2. The smallest absolute Gasteiger partial charge is 0.338 e. The maximum absolute atomic E-state index is 12.4. The molecule has 0 spiro atoms. The first-order valence-electron chi connectivity index (χ1n) is 8.80. The van der Waals surface area contributed by atoms with Crippen molar-refractivity contribution < 1.29 is 14.3 Å². The SMILES string of the molecule is CCCCN(C)c1ccnc(C(=O)Nc2ccc(C(=O)OCC)cc2)c1. The lowest BCUT2D eigenvalue weighted by molar-refractivity contribution is 0.0526. The van der Waals surface area contributed by atoms with Crippen molar-refractivity contribution in [2.45, 2.75) is 26.7 Å². The van der Waals surface area contributed by atoms with E-state index in [2.05, 4.69) is 22.1 Å². The second-order valence-corrected chi connectivity index (χ2v) is 5.93. The molecular weight excluding hydrogens is 330 g/mol. The van der Waals surface area contributed by atoms with Crippen LogP contribution in [0.1, 0.15) is 47.5 Å². The summed E-state index contributed by atoms with van der Waals surface area (Å²) in [5.41, 5.74) is 2.34. The molecule has 1 aromatic carbocycles. The molecule has 1 amide bonds. The Bertz CT molecular complexity index is 744. The Morgan fingerprint density at radius 2 is 1.88 bits per heavy atom. The number of nitrogens with one attached hydrogen (secondary N) is 1. The van der Waals surface area contributed by atoms with Gasteiger partial charge in [-0.2, -0.15) is 0 Å². The molecule has 0 bridgehead atoms. The lowest BCUT2D eigenvalue weighted by Gasteiger charge is -2.19. The van der Waals surface area contributed by atoms with Crippen molar-refractivity contribution in [2.24, 2.45) is 0 Å². The second-order valence-electron chi connectivity index (χ2n) is 5.93. The van der Waals surface area contributed by atoms with E-state index in [4.69, 9.17) is 4.74 Å². The van der Waals surface area contributed by atoms with E-state index in [0.29, 0.717) is 23.6 Å². The highest BCUT2D eigenvalue weighted by atomic mass is 16.5. The molecule has 0 saturated carbocycles. The van der Waals surface area contributed by atoms with Crippen LogP contribution in [-0.2, 0) is 4.74 Å². The van der Waals surface area contributed by atoms with Gasteiger partial charge in [0.25, 0.3) is 5.91 Å². The van der Waals surface area contributed by atoms with Crippen molar-refractivity contribution in [3.63, 3.8) is 0 Å². The highest BCUT2D eigenvalue weighted by Gasteiger charge is 2.11. The van der Waals surface area contributed by atoms with Crippen LogP contribution in [0.15, 0.2) is 42.6 Å². The van der Waals surface area contributed by atoms with Crippen LogP contribution in [0.25, 0.3) is 0 Å². The molecule has 1 aromatic heterocycles. The number of anilines is 2. The Morgan fingerprint density at radius 1 is 1.15 bits per heavy atom. The molecule has 0 aliphatic carbocycles. The fraction of sp³-hybridized carbons (Fsp3) is 0.350. The molecule has 0 saturated heterocycles. The zero-order chi connectivity index (χ0) is 18.9. The van der Waals surface area contributed by atoms with Crippen molar-refractivity contribution in [1.82, 2.24) is 4.98 Å². The molecule has 0 aliphatic heterocycles. The van der Waals surface area contributed by atoms with Gasteiger partial charge in [-0.15, -0.1) is 0 Å². The molecule has 26 heavy (non-hydrogen) atoms. The van der Waals surface area contributed by atoms with Crippen LogP contribution in [0.5, 0.6) is 0 Å². The number of esters is 1. The summed E-state index contributed by atoms with van der Waals surface area (Å²) < 4.78 is 4.94. The van der Waals surface area contributed by atoms with Crippen molar-refractivity contribution in [3.05, 3.63) is 53.9 Å². The summed E-state index contributed by atoms with van der Waals surface area (Å²) in [6.45, 7) is 5.16. The molecule has 0 unspecified atom stereocenters. The van der Waals surface area contributed by atoms with Gasteiger partial charge in [-0.3, -0.25) is 9.78 Å². The lowest BCUT2D eigenvalue weighted by Crippen LogP contribution is -2.20. The Hall–Kier alpha value is -2.89. The van der Waals surface area contributed by atoms with E-state index in [1.54, 1.807) is 43.5 Å². The van der Waals surface area contributed by atoms with E-state index >= 15 is 0 Å². The number of pyridine rings is 1. The van der Waals surface area contributed by atoms with Crippen molar-refractivity contribution in [2.75, 3.05) is 30.4 Å². The molecule has 2 aromatic rings. The van der Waals surface area contributed by atoms with E-state index in [0.717, 1.165) is 25.1 Å². The molecular formula is C20H25N3O3. The Morgan fingerprint density at radius 3 is 2.54 bits per heavy atom. The number of ether oxygens (including phenoxy) is 1. The predicted molar refractivity (Wildman–Crippen MR) is 103 cm³/mol. The minimum Gasteiger partial charge on any atom is -0.462 e. The first kappa shape index (κ1) is 19.4. The standard InChI is InChI=1S/C20H25N3O3/c1-4-6-13-23(3)17-11-12-21-18(14-17)19(24)22-16-9-7-15(8-10-16)20(25)26-5-2/h7-12,14H,4-6,13H2,1-3H3,(H,22,24). The second kappa shape index (κ2) is 9.56. The van der Waals surface area contributed by atoms with Crippen LogP contribution in [0.4, 0.5) is 11.4 Å². The quantitative estimate of drug-likeness (QED) is 0.730. The van der Waals surface area contributed by atoms with Gasteiger partial charge in [-0.05, 0) is 49.7 Å². The largest absolute Gasteiger partial charge is 0.462 e. The van der Waals surface area contributed by atoms with Gasteiger partial charge in [0.2, 0.25) is 0 Å². The molecule has 2 rings (SSSR count). The fourth-order valence-electron chi connectivity index (χ4n) is 2.40. The third-order valence-electron chi connectivity index (χ3n) is 3.92. The van der Waals surface area contributed by atoms with E-state index in [1.807, 2.05) is 13.1 Å². The normalized spacial score (nSPS) is 10.3. The van der Waals surface area contributed by atoms with Crippen molar-refractivity contribution >= 4 is 23.3 Å². The van der Waals surface area contributed by atoms with Crippen LogP contribution < -0.4 is 10.2 Å². The third kappa shape index (κ3) is 5.31. The highest BCUT2D eigenvalue weighted by molar-refractivity contribution is 6.03. The molecule has 138 valence electrons. The molecule has 1 heterocycles. The average molecular weight is 355 g/mol. The highest BCUT2D eigenvalue weighted by Crippen LogP contribution is 2.16. The summed E-state index contributed by atoms with van der Waals surface area (Å²) in [7, 11) is 2.00. The molecule has 6 heteroatoms. The number of nitrogens with zero attached hydrogens (tertiary/aromatic N) is 2. The van der Waals surface area contributed by atoms with Crippen LogP contribution in [0.2, 0.25) is 0 Å². The summed E-state index contributed by atoms with van der Waals surface area (Å²) in [6.07, 6.45) is 3.84. The van der Waals surface area contributed by atoms with Gasteiger partial charge >= 0.3 is 5.97 Å². The molecule has 0 aliphatic rings. The van der Waals surface area contributed by atoms with E-state index in [9.17, 15) is 9.59 Å². The Labute approximate surface area is 154 Å². The van der Waals surface area contributed by atoms with Gasteiger partial charge < -0.3 is 15.0 Å². The molecule has 0 radical (unpaired) electrons. The number of benzene rings is 1. The fourth-order valence-corrected chi connectivity index (χ4v) is 2.40. The monoisotopic (exact) mass is 355 g/mol. The number of carbonyl (C=O) groups excluding carboxylic acids is 2. The summed E-state index contributed by atoms with van der Waals surface area (Å²) >= 11 is 0. The van der Waals surface area contributed by atoms with Crippen LogP contribution in [0.3, 0.4) is 0 Å². The number of aromatic nitrogens is 1. The van der Waals surface area contributed by atoms with Gasteiger partial charge in [0.15, 0.2) is 0 Å². The van der Waals surface area contributed by atoms with Crippen LogP contribution >= 0.6 is 0 Å². The van der Waals surface area contributed by atoms with E-state index < -0.39 is 0 Å². The van der Waals surface area contributed by atoms with Crippen LogP contribution in [-0.4, -0.2) is 37.1 Å². The number of rotatable bonds is 8. The Balaban J connectivity index is 2.04. The topological polar surface area (TPSA) is 71.5 Å². The Kier molecular flexibility index (Phi) is 7.14. The number of carbonyl (C=O) groups is 2. The lowest BCUT2D eigenvalue weighted by atomic mass is 10.2. The third-order valence-corrected chi connectivity index (χ3v) is 3.92. The zero-order valence-corrected chi connectivity index (χ0v) is 15.5. The minimum absolute atomic E-state index is 0.292. The summed E-state index contributed by atoms with van der Waals surface area (Å²) in [5.74, 6) is -0.672. The molecule has 6 nitrogen and oxygen atoms in total. The van der Waals surface area contributed by atoms with Gasteiger partial charge in [0.05, 0.1) is 12.2 Å². The predicted octanol–water partition coefficient (Wildman–Crippen LogP) is 3.75. The summed E-state index contributed by atoms with van der Waals surface area (Å²) in [4.78, 5) is 30.4. The van der Waals surface area contributed by atoms with Gasteiger partial charge in [-0.1, -0.05) is 13.3 Å². The minimum atomic E-state index is -0.380. The van der Waals surface area contributed by atoms with E-state index in [1.165, 1.54) is 0 Å². The van der Waals surface area contributed by atoms with Crippen molar-refractivity contribution in [1.29, 1.82) is 0 Å². The average Bonchev–Trinajstić information content (AvgIpc) is 2.67. The van der Waals surface area contributed by atoms with Gasteiger partial charge in [0, 0.05) is 31.2 Å². The number of unbranched alkanes of at least 4 members (excludes halogenated alkanes) is 1. The zero-order valence-electron chi connectivity index (χ0n) is 15.5. The van der Waals surface area contributed by atoms with Gasteiger partial charge in [-0.25, -0.2) is 4.79 Å². The van der Waals surface area contributed by atoms with Crippen LogP contribution in [0, 0.1) is 0 Å². The maximum atomic E-state index is 12.4. The van der Waals surface area contributed by atoms with Crippen molar-refractivity contribution in [3.8, 4) is 0 Å². The first-order valence-corrected chi connectivity index (χ1v) is 8.80. The molecule has 1 N–H and O–H groups in total. The number of hydrogen-bond acceptors (Lipinski definition) is 5. The van der Waals surface area contributed by atoms with E-state index in [-0.39, 0.29) is 11.9 Å². The summed E-state index contributed by atoms with van der Waals surface area (Å²) in [5, 5.41) is 2.79. The molecule has 0 fully saturated rings. The maximum Gasteiger partial charge on any atom is 0.338 e.